The average Bonchev–Trinajstić information content (AvgIpc) is 3.23. The Kier molecular flexibility index (Phi) is 4.72. The van der Waals surface area contributed by atoms with Crippen LogP contribution in [0.1, 0.15) is 59.5 Å². The molecule has 0 spiro atoms. The number of hydrogen-bond acceptors (Lipinski definition) is 3. The van der Waals surface area contributed by atoms with E-state index in [4.69, 9.17) is 0 Å². The topological polar surface area (TPSA) is 66.8 Å². The second kappa shape index (κ2) is 7.18. The maximum absolute atomic E-state index is 13.3. The van der Waals surface area contributed by atoms with Gasteiger partial charge in [0.05, 0.1) is 11.3 Å². The summed E-state index contributed by atoms with van der Waals surface area (Å²) in [5.74, 6) is 0.439. The van der Waals surface area contributed by atoms with Crippen LogP contribution in [-0.4, -0.2) is 43.6 Å². The van der Waals surface area contributed by atoms with Crippen molar-refractivity contribution >= 4 is 16.9 Å². The molecule has 4 heterocycles. The molecule has 0 saturated carbocycles. The van der Waals surface area contributed by atoms with Crippen molar-refractivity contribution in [1.29, 1.82) is 0 Å². The number of carbonyl (C=O) groups excluding carboxylic acids is 1. The van der Waals surface area contributed by atoms with E-state index in [2.05, 4.69) is 34.1 Å². The number of pyridine rings is 1. The summed E-state index contributed by atoms with van der Waals surface area (Å²) in [6, 6.07) is 6.20. The van der Waals surface area contributed by atoms with Crippen LogP contribution in [0, 0.1) is 13.8 Å². The molecule has 1 aliphatic rings. The molecule has 1 atom stereocenters. The fraction of sp³-hybridized carbons (Fsp3) is 0.476. The zero-order valence-corrected chi connectivity index (χ0v) is 16.3. The normalized spacial score (nSPS) is 17.6. The van der Waals surface area contributed by atoms with Gasteiger partial charge in [0.15, 0.2) is 0 Å². The van der Waals surface area contributed by atoms with Crippen LogP contribution in [0.15, 0.2) is 24.4 Å². The van der Waals surface area contributed by atoms with Crippen LogP contribution in [0.4, 0.5) is 0 Å². The van der Waals surface area contributed by atoms with Crippen molar-refractivity contribution in [2.45, 2.75) is 52.5 Å². The maximum atomic E-state index is 13.3. The highest BCUT2D eigenvalue weighted by atomic mass is 16.2. The van der Waals surface area contributed by atoms with Gasteiger partial charge in [-0.25, -0.2) is 4.98 Å². The van der Waals surface area contributed by atoms with Gasteiger partial charge in [0, 0.05) is 48.5 Å². The van der Waals surface area contributed by atoms with Gasteiger partial charge in [0.2, 0.25) is 0 Å². The predicted octanol–water partition coefficient (Wildman–Crippen LogP) is 3.81. The number of likely N-dealkylation sites (tertiary alicyclic amines) is 1. The quantitative estimate of drug-likeness (QED) is 0.764. The Balaban J connectivity index is 1.57. The van der Waals surface area contributed by atoms with E-state index in [1.54, 1.807) is 6.20 Å². The van der Waals surface area contributed by atoms with E-state index in [1.807, 2.05) is 29.5 Å². The molecule has 0 aromatic carbocycles. The van der Waals surface area contributed by atoms with E-state index in [0.717, 1.165) is 66.9 Å². The molecule has 1 N–H and O–H groups in total. The molecular formula is C21H27N5O. The average molecular weight is 365 g/mol. The number of aryl methyl sites for hydroxylation is 2. The number of nitrogens with zero attached hydrogens (tertiary/aromatic N) is 4. The number of H-pyrrole nitrogens is 1. The molecule has 0 radical (unpaired) electrons. The van der Waals surface area contributed by atoms with Gasteiger partial charge < -0.3 is 9.88 Å². The van der Waals surface area contributed by atoms with Crippen LogP contribution in [-0.2, 0) is 6.54 Å². The van der Waals surface area contributed by atoms with E-state index >= 15 is 0 Å². The van der Waals surface area contributed by atoms with Gasteiger partial charge in [-0.3, -0.25) is 9.48 Å². The molecule has 6 nitrogen and oxygen atoms in total. The first kappa shape index (κ1) is 17.8. The van der Waals surface area contributed by atoms with Crippen LogP contribution in [0.25, 0.3) is 11.0 Å². The number of rotatable bonds is 4. The molecular weight excluding hydrogens is 338 g/mol. The van der Waals surface area contributed by atoms with Gasteiger partial charge in [-0.1, -0.05) is 6.92 Å². The molecule has 3 aromatic rings. The molecule has 1 saturated heterocycles. The monoisotopic (exact) mass is 365 g/mol. The number of amides is 1. The van der Waals surface area contributed by atoms with Gasteiger partial charge in [-0.15, -0.1) is 0 Å². The number of nitrogens with one attached hydrogen (secondary N) is 1. The summed E-state index contributed by atoms with van der Waals surface area (Å²) in [4.78, 5) is 23.1. The zero-order chi connectivity index (χ0) is 19.0. The number of hydrogen-bond donors (Lipinski definition) is 1. The third-order valence-electron chi connectivity index (χ3n) is 5.59. The second-order valence-corrected chi connectivity index (χ2v) is 7.53. The Morgan fingerprint density at radius 1 is 1.37 bits per heavy atom. The van der Waals surface area contributed by atoms with Crippen molar-refractivity contribution in [2.24, 2.45) is 0 Å². The van der Waals surface area contributed by atoms with Crippen molar-refractivity contribution in [1.82, 2.24) is 24.6 Å². The minimum absolute atomic E-state index is 0.117. The molecule has 1 aliphatic heterocycles. The van der Waals surface area contributed by atoms with Crippen molar-refractivity contribution in [3.63, 3.8) is 0 Å². The Morgan fingerprint density at radius 2 is 2.22 bits per heavy atom. The molecule has 27 heavy (non-hydrogen) atoms. The van der Waals surface area contributed by atoms with Crippen LogP contribution in [0.2, 0.25) is 0 Å². The fourth-order valence-electron chi connectivity index (χ4n) is 4.21. The molecule has 0 bridgehead atoms. The first-order valence-corrected chi connectivity index (χ1v) is 9.85. The van der Waals surface area contributed by atoms with Crippen LogP contribution >= 0.6 is 0 Å². The lowest BCUT2D eigenvalue weighted by Crippen LogP contribution is -2.39. The standard InChI is InChI=1S/C21H27N5O/c1-4-10-26-15(3)19(14(2)24-26)21(27)25-11-6-8-17(13-25)18-12-16-7-5-9-22-20(16)23-18/h5,7,9,12,17H,4,6,8,10-11,13H2,1-3H3,(H,22,23)/t17-/m0/s1. The highest BCUT2D eigenvalue weighted by Gasteiger charge is 2.29. The summed E-state index contributed by atoms with van der Waals surface area (Å²) in [6.45, 7) is 8.48. The summed E-state index contributed by atoms with van der Waals surface area (Å²) >= 11 is 0. The summed E-state index contributed by atoms with van der Waals surface area (Å²) in [6.07, 6.45) is 4.92. The van der Waals surface area contributed by atoms with E-state index in [-0.39, 0.29) is 5.91 Å². The number of fused-ring (bicyclic) bond motifs is 1. The second-order valence-electron chi connectivity index (χ2n) is 7.53. The lowest BCUT2D eigenvalue weighted by atomic mass is 9.94. The minimum Gasteiger partial charge on any atom is -0.343 e. The largest absolute Gasteiger partial charge is 0.343 e. The van der Waals surface area contributed by atoms with Gasteiger partial charge >= 0.3 is 0 Å². The van der Waals surface area contributed by atoms with Crippen molar-refractivity contribution < 1.29 is 4.79 Å². The van der Waals surface area contributed by atoms with Crippen molar-refractivity contribution in [2.75, 3.05) is 13.1 Å². The van der Waals surface area contributed by atoms with E-state index in [1.165, 1.54) is 5.69 Å². The molecule has 1 fully saturated rings. The maximum Gasteiger partial charge on any atom is 0.257 e. The van der Waals surface area contributed by atoms with E-state index in [9.17, 15) is 4.79 Å². The molecule has 0 aliphatic carbocycles. The van der Waals surface area contributed by atoms with Gasteiger partial charge in [-0.05, 0) is 51.3 Å². The Bertz CT molecular complexity index is 937. The summed E-state index contributed by atoms with van der Waals surface area (Å²) < 4.78 is 1.97. The fourth-order valence-corrected chi connectivity index (χ4v) is 4.21. The molecule has 4 rings (SSSR count). The number of carbonyl (C=O) groups is 1. The molecule has 0 unspecified atom stereocenters. The van der Waals surface area contributed by atoms with E-state index in [0.29, 0.717) is 5.92 Å². The third kappa shape index (κ3) is 3.24. The molecule has 3 aromatic heterocycles. The Labute approximate surface area is 159 Å². The summed E-state index contributed by atoms with van der Waals surface area (Å²) in [7, 11) is 0. The molecule has 142 valence electrons. The molecule has 1 amide bonds. The SMILES string of the molecule is CCCn1nc(C)c(C(=O)N2CCC[C@H](c3cc4cccnc4[nH]3)C2)c1C. The van der Waals surface area contributed by atoms with Gasteiger partial charge in [0.25, 0.3) is 5.91 Å². The van der Waals surface area contributed by atoms with Gasteiger partial charge in [-0.2, -0.15) is 5.10 Å². The number of piperidine rings is 1. The Morgan fingerprint density at radius 3 is 3.00 bits per heavy atom. The third-order valence-corrected chi connectivity index (χ3v) is 5.59. The van der Waals surface area contributed by atoms with Crippen LogP contribution < -0.4 is 0 Å². The Hall–Kier alpha value is -2.63. The molecule has 6 heteroatoms. The lowest BCUT2D eigenvalue weighted by Gasteiger charge is -2.32. The van der Waals surface area contributed by atoms with Crippen molar-refractivity contribution in [3.8, 4) is 0 Å². The minimum atomic E-state index is 0.117. The zero-order valence-electron chi connectivity index (χ0n) is 16.3. The van der Waals surface area contributed by atoms with Crippen LogP contribution in [0.3, 0.4) is 0 Å². The number of aromatic amines is 1. The van der Waals surface area contributed by atoms with E-state index < -0.39 is 0 Å². The van der Waals surface area contributed by atoms with Gasteiger partial charge in [0.1, 0.15) is 5.65 Å². The van der Waals surface area contributed by atoms with Crippen LogP contribution in [0.5, 0.6) is 0 Å². The predicted molar refractivity (Wildman–Crippen MR) is 106 cm³/mol. The lowest BCUT2D eigenvalue weighted by molar-refractivity contribution is 0.0704. The summed E-state index contributed by atoms with van der Waals surface area (Å²) in [5, 5.41) is 5.70. The number of aromatic nitrogens is 4. The highest BCUT2D eigenvalue weighted by molar-refractivity contribution is 5.96. The highest BCUT2D eigenvalue weighted by Crippen LogP contribution is 2.30. The first-order chi connectivity index (χ1) is 13.1. The summed E-state index contributed by atoms with van der Waals surface area (Å²) in [5.41, 5.74) is 4.70. The van der Waals surface area contributed by atoms with Crippen molar-refractivity contribution in [3.05, 3.63) is 47.0 Å². The first-order valence-electron chi connectivity index (χ1n) is 9.85. The smallest absolute Gasteiger partial charge is 0.257 e.